The van der Waals surface area contributed by atoms with Gasteiger partial charge in [0.05, 0.1) is 12.5 Å². The van der Waals surface area contributed by atoms with Crippen LogP contribution in [0.5, 0.6) is 0 Å². The minimum absolute atomic E-state index is 0.0831. The molecule has 0 unspecified atom stereocenters. The molecule has 1 aliphatic heterocycles. The number of amides is 2. The first-order valence-corrected chi connectivity index (χ1v) is 6.29. The standard InChI is InChI=1S/C12H18N4O3/c1-15(8-10-13-4-5-14-10)12(19)16-6-2-9(3-7-16)11(17)18/h4-5,9H,2-3,6-8H2,1H3,(H,13,14)(H,17,18). The van der Waals surface area contributed by atoms with Crippen LogP contribution in [0.4, 0.5) is 4.79 Å². The number of nitrogens with one attached hydrogen (secondary N) is 1. The third kappa shape index (κ3) is 3.24. The zero-order chi connectivity index (χ0) is 13.8. The summed E-state index contributed by atoms with van der Waals surface area (Å²) in [7, 11) is 1.72. The number of aromatic nitrogens is 2. The van der Waals surface area contributed by atoms with Crippen molar-refractivity contribution < 1.29 is 14.7 Å². The van der Waals surface area contributed by atoms with Gasteiger partial charge in [-0.2, -0.15) is 0 Å². The molecule has 7 heteroatoms. The Morgan fingerprint density at radius 1 is 1.53 bits per heavy atom. The summed E-state index contributed by atoms with van der Waals surface area (Å²) in [5.41, 5.74) is 0. The first kappa shape index (κ1) is 13.4. The Morgan fingerprint density at radius 2 is 2.21 bits per heavy atom. The van der Waals surface area contributed by atoms with E-state index >= 15 is 0 Å². The Hall–Kier alpha value is -2.05. The van der Waals surface area contributed by atoms with Crippen molar-refractivity contribution in [2.24, 2.45) is 5.92 Å². The monoisotopic (exact) mass is 266 g/mol. The lowest BCUT2D eigenvalue weighted by molar-refractivity contribution is -0.143. The quantitative estimate of drug-likeness (QED) is 0.845. The van der Waals surface area contributed by atoms with Crippen LogP contribution < -0.4 is 0 Å². The van der Waals surface area contributed by atoms with Crippen LogP contribution in [0.3, 0.4) is 0 Å². The molecule has 0 spiro atoms. The molecule has 0 radical (unpaired) electrons. The summed E-state index contributed by atoms with van der Waals surface area (Å²) in [5.74, 6) is -0.355. The Labute approximate surface area is 111 Å². The number of carboxylic acid groups (broad SMARTS) is 1. The second-order valence-corrected chi connectivity index (χ2v) is 4.77. The van der Waals surface area contributed by atoms with Crippen LogP contribution in [0.1, 0.15) is 18.7 Å². The van der Waals surface area contributed by atoms with Gasteiger partial charge in [-0.05, 0) is 12.8 Å². The zero-order valence-electron chi connectivity index (χ0n) is 10.9. The van der Waals surface area contributed by atoms with E-state index in [1.165, 1.54) is 0 Å². The van der Waals surface area contributed by atoms with Gasteiger partial charge in [-0.1, -0.05) is 0 Å². The molecule has 2 amide bonds. The molecule has 1 aromatic heterocycles. The highest BCUT2D eigenvalue weighted by atomic mass is 16.4. The van der Waals surface area contributed by atoms with Crippen LogP contribution in [-0.2, 0) is 11.3 Å². The van der Waals surface area contributed by atoms with Gasteiger partial charge in [0.25, 0.3) is 0 Å². The maximum Gasteiger partial charge on any atom is 0.320 e. The van der Waals surface area contributed by atoms with Crippen LogP contribution >= 0.6 is 0 Å². The number of hydrogen-bond donors (Lipinski definition) is 2. The van der Waals surface area contributed by atoms with Gasteiger partial charge in [-0.15, -0.1) is 0 Å². The van der Waals surface area contributed by atoms with Gasteiger partial charge >= 0.3 is 12.0 Å². The van der Waals surface area contributed by atoms with Crippen molar-refractivity contribution >= 4 is 12.0 Å². The van der Waals surface area contributed by atoms with E-state index in [0.717, 1.165) is 5.82 Å². The van der Waals surface area contributed by atoms with Crippen LogP contribution in [0.15, 0.2) is 12.4 Å². The second-order valence-electron chi connectivity index (χ2n) is 4.77. The first-order chi connectivity index (χ1) is 9.08. The van der Waals surface area contributed by atoms with Gasteiger partial charge < -0.3 is 19.9 Å². The number of hydrogen-bond acceptors (Lipinski definition) is 3. The molecule has 0 aliphatic carbocycles. The van der Waals surface area contributed by atoms with E-state index in [1.54, 1.807) is 29.2 Å². The van der Waals surface area contributed by atoms with Crippen LogP contribution in [0, 0.1) is 5.92 Å². The minimum atomic E-state index is -0.768. The highest BCUT2D eigenvalue weighted by Gasteiger charge is 2.28. The number of carbonyl (C=O) groups is 2. The predicted octanol–water partition coefficient (Wildman–Crippen LogP) is 0.758. The third-order valence-electron chi connectivity index (χ3n) is 3.38. The number of rotatable bonds is 3. The number of H-pyrrole nitrogens is 1. The Balaban J connectivity index is 1.85. The van der Waals surface area contributed by atoms with Crippen molar-refractivity contribution in [1.29, 1.82) is 0 Å². The van der Waals surface area contributed by atoms with E-state index in [4.69, 9.17) is 5.11 Å². The molecular formula is C12H18N4O3. The summed E-state index contributed by atoms with van der Waals surface area (Å²) in [6.07, 6.45) is 4.41. The van der Waals surface area contributed by atoms with Crippen molar-refractivity contribution in [3.63, 3.8) is 0 Å². The minimum Gasteiger partial charge on any atom is -0.481 e. The Bertz CT molecular complexity index is 438. The van der Waals surface area contributed by atoms with Gasteiger partial charge in [-0.3, -0.25) is 4.79 Å². The Kier molecular flexibility index (Phi) is 4.03. The summed E-state index contributed by atoms with van der Waals surface area (Å²) >= 11 is 0. The maximum atomic E-state index is 12.2. The fourth-order valence-electron chi connectivity index (χ4n) is 2.24. The number of imidazole rings is 1. The van der Waals surface area contributed by atoms with E-state index in [-0.39, 0.29) is 11.9 Å². The number of aromatic amines is 1. The molecule has 1 aromatic rings. The van der Waals surface area contributed by atoms with Crippen molar-refractivity contribution in [2.75, 3.05) is 20.1 Å². The molecule has 1 fully saturated rings. The summed E-state index contributed by atoms with van der Waals surface area (Å²) in [4.78, 5) is 33.3. The summed E-state index contributed by atoms with van der Waals surface area (Å²) in [5, 5.41) is 8.92. The molecule has 2 rings (SSSR count). The van der Waals surface area contributed by atoms with Crippen molar-refractivity contribution in [1.82, 2.24) is 19.8 Å². The molecule has 104 valence electrons. The molecule has 0 atom stereocenters. The van der Waals surface area contributed by atoms with Crippen LogP contribution in [0.25, 0.3) is 0 Å². The number of aliphatic carboxylic acids is 1. The Morgan fingerprint density at radius 3 is 2.74 bits per heavy atom. The number of carbonyl (C=O) groups excluding carboxylic acids is 1. The maximum absolute atomic E-state index is 12.2. The summed E-state index contributed by atoms with van der Waals surface area (Å²) < 4.78 is 0. The molecule has 7 nitrogen and oxygen atoms in total. The fourth-order valence-corrected chi connectivity index (χ4v) is 2.24. The highest BCUT2D eigenvalue weighted by molar-refractivity contribution is 5.75. The SMILES string of the molecule is CN(Cc1ncc[nH]1)C(=O)N1CCC(C(=O)O)CC1. The smallest absolute Gasteiger partial charge is 0.320 e. The van der Waals surface area contributed by atoms with Gasteiger partial charge in [0.15, 0.2) is 0 Å². The average molecular weight is 266 g/mol. The summed E-state index contributed by atoms with van der Waals surface area (Å²) in [6, 6.07) is -0.0831. The van der Waals surface area contributed by atoms with Gasteiger partial charge in [-0.25, -0.2) is 9.78 Å². The fraction of sp³-hybridized carbons (Fsp3) is 0.583. The van der Waals surface area contributed by atoms with Crippen LogP contribution in [-0.4, -0.2) is 57.0 Å². The van der Waals surface area contributed by atoms with Gasteiger partial charge in [0, 0.05) is 32.5 Å². The van der Waals surface area contributed by atoms with E-state index in [2.05, 4.69) is 9.97 Å². The van der Waals surface area contributed by atoms with Gasteiger partial charge in [0.1, 0.15) is 5.82 Å². The summed E-state index contributed by atoms with van der Waals surface area (Å²) in [6.45, 7) is 1.42. The predicted molar refractivity (Wildman–Crippen MR) is 67.4 cm³/mol. The molecule has 1 aliphatic rings. The largest absolute Gasteiger partial charge is 0.481 e. The lowest BCUT2D eigenvalue weighted by Gasteiger charge is -2.33. The molecule has 1 saturated heterocycles. The van der Waals surface area contributed by atoms with Crippen molar-refractivity contribution in [3.05, 3.63) is 18.2 Å². The number of urea groups is 1. The average Bonchev–Trinajstić information content (AvgIpc) is 2.90. The number of nitrogens with zero attached hydrogens (tertiary/aromatic N) is 3. The highest BCUT2D eigenvalue weighted by Crippen LogP contribution is 2.18. The molecule has 2 N–H and O–H groups in total. The molecule has 0 bridgehead atoms. The first-order valence-electron chi connectivity index (χ1n) is 6.29. The third-order valence-corrected chi connectivity index (χ3v) is 3.38. The number of likely N-dealkylation sites (tertiary alicyclic amines) is 1. The van der Waals surface area contributed by atoms with E-state index in [0.29, 0.717) is 32.5 Å². The van der Waals surface area contributed by atoms with E-state index < -0.39 is 5.97 Å². The van der Waals surface area contributed by atoms with Crippen molar-refractivity contribution in [3.8, 4) is 0 Å². The topological polar surface area (TPSA) is 89.5 Å². The molecule has 0 aromatic carbocycles. The van der Waals surface area contributed by atoms with Crippen molar-refractivity contribution in [2.45, 2.75) is 19.4 Å². The molecule has 2 heterocycles. The van der Waals surface area contributed by atoms with E-state index in [1.807, 2.05) is 0 Å². The second kappa shape index (κ2) is 5.73. The molecular weight excluding hydrogens is 248 g/mol. The van der Waals surface area contributed by atoms with Gasteiger partial charge in [0.2, 0.25) is 0 Å². The van der Waals surface area contributed by atoms with Crippen LogP contribution in [0.2, 0.25) is 0 Å². The molecule has 19 heavy (non-hydrogen) atoms. The lowest BCUT2D eigenvalue weighted by atomic mass is 9.97. The number of piperidine rings is 1. The zero-order valence-corrected chi connectivity index (χ0v) is 10.9. The molecule has 0 saturated carbocycles. The number of carboxylic acids is 1. The van der Waals surface area contributed by atoms with E-state index in [9.17, 15) is 9.59 Å². The normalized spacial score (nSPS) is 16.4. The lowest BCUT2D eigenvalue weighted by Crippen LogP contribution is -2.46.